The first-order valence-corrected chi connectivity index (χ1v) is 10.1. The molecule has 3 rings (SSSR count). The Kier molecular flexibility index (Phi) is 5.17. The number of hydrogen-bond acceptors (Lipinski definition) is 5. The molecular formula is C20H23N3O3S. The van der Waals surface area contributed by atoms with Crippen LogP contribution in [0.5, 0.6) is 0 Å². The number of benzene rings is 2. The lowest BCUT2D eigenvalue weighted by molar-refractivity contribution is 0.336. The Balaban J connectivity index is 1.85. The zero-order valence-corrected chi connectivity index (χ0v) is 17.0. The van der Waals surface area contributed by atoms with Gasteiger partial charge < -0.3 is 4.52 Å². The summed E-state index contributed by atoms with van der Waals surface area (Å²) in [6.07, 6.45) is 0. The zero-order chi connectivity index (χ0) is 19.8. The van der Waals surface area contributed by atoms with Crippen LogP contribution in [0.25, 0.3) is 11.4 Å². The SMILES string of the molecule is Cc1ccc(-c2noc(CN(C)S(=O)(=O)c3c(C)cc(C)cc3C)n2)cc1. The molecule has 2 aromatic carbocycles. The van der Waals surface area contributed by atoms with Gasteiger partial charge in [0.1, 0.15) is 0 Å². The quantitative estimate of drug-likeness (QED) is 0.668. The minimum atomic E-state index is -3.67. The van der Waals surface area contributed by atoms with Gasteiger partial charge in [-0.3, -0.25) is 0 Å². The highest BCUT2D eigenvalue weighted by atomic mass is 32.2. The fourth-order valence-corrected chi connectivity index (χ4v) is 4.67. The maximum Gasteiger partial charge on any atom is 0.243 e. The molecular weight excluding hydrogens is 362 g/mol. The Labute approximate surface area is 159 Å². The first-order valence-electron chi connectivity index (χ1n) is 8.62. The Morgan fingerprint density at radius 3 is 2.15 bits per heavy atom. The average molecular weight is 385 g/mol. The molecule has 0 amide bonds. The molecule has 0 bridgehead atoms. The van der Waals surface area contributed by atoms with Crippen LogP contribution in [0.2, 0.25) is 0 Å². The summed E-state index contributed by atoms with van der Waals surface area (Å²) in [4.78, 5) is 4.66. The van der Waals surface area contributed by atoms with Gasteiger partial charge in [-0.1, -0.05) is 52.7 Å². The summed E-state index contributed by atoms with van der Waals surface area (Å²) >= 11 is 0. The lowest BCUT2D eigenvalue weighted by Gasteiger charge is -2.19. The molecule has 0 aliphatic rings. The van der Waals surface area contributed by atoms with Gasteiger partial charge in [-0.25, -0.2) is 8.42 Å². The van der Waals surface area contributed by atoms with Crippen LogP contribution in [-0.2, 0) is 16.6 Å². The molecule has 0 saturated heterocycles. The standard InChI is InChI=1S/C20H23N3O3S/c1-13-6-8-17(9-7-13)20-21-18(26-22-20)12-23(5)27(24,25)19-15(3)10-14(2)11-16(19)4/h6-11H,12H2,1-5H3. The van der Waals surface area contributed by atoms with Gasteiger partial charge in [0, 0.05) is 12.6 Å². The highest BCUT2D eigenvalue weighted by Gasteiger charge is 2.26. The summed E-state index contributed by atoms with van der Waals surface area (Å²) in [6.45, 7) is 7.57. The van der Waals surface area contributed by atoms with Gasteiger partial charge in [-0.2, -0.15) is 9.29 Å². The van der Waals surface area contributed by atoms with Crippen LogP contribution in [0.1, 0.15) is 28.1 Å². The minimum absolute atomic E-state index is 0.00789. The molecule has 0 fully saturated rings. The van der Waals surface area contributed by atoms with Crippen molar-refractivity contribution in [2.45, 2.75) is 39.1 Å². The molecule has 6 nitrogen and oxygen atoms in total. The lowest BCUT2D eigenvalue weighted by atomic mass is 10.1. The fourth-order valence-electron chi connectivity index (χ4n) is 3.14. The van der Waals surface area contributed by atoms with Gasteiger partial charge in [0.25, 0.3) is 0 Å². The topological polar surface area (TPSA) is 76.3 Å². The lowest BCUT2D eigenvalue weighted by Crippen LogP contribution is -2.28. The van der Waals surface area contributed by atoms with Crippen molar-refractivity contribution in [2.24, 2.45) is 0 Å². The van der Waals surface area contributed by atoms with E-state index in [9.17, 15) is 8.42 Å². The highest BCUT2D eigenvalue weighted by Crippen LogP contribution is 2.25. The van der Waals surface area contributed by atoms with E-state index in [1.165, 1.54) is 11.4 Å². The van der Waals surface area contributed by atoms with Crippen molar-refractivity contribution < 1.29 is 12.9 Å². The van der Waals surface area contributed by atoms with Crippen LogP contribution in [0.4, 0.5) is 0 Å². The Morgan fingerprint density at radius 2 is 1.56 bits per heavy atom. The van der Waals surface area contributed by atoms with E-state index in [4.69, 9.17) is 4.52 Å². The molecule has 7 heteroatoms. The van der Waals surface area contributed by atoms with Crippen molar-refractivity contribution in [2.75, 3.05) is 7.05 Å². The van der Waals surface area contributed by atoms with E-state index in [1.807, 2.05) is 64.1 Å². The maximum absolute atomic E-state index is 13.0. The summed E-state index contributed by atoms with van der Waals surface area (Å²) in [5.41, 5.74) is 4.45. The number of nitrogens with zero attached hydrogens (tertiary/aromatic N) is 3. The van der Waals surface area contributed by atoms with Gasteiger partial charge in [0.15, 0.2) is 0 Å². The Bertz CT molecular complexity index is 1050. The summed E-state index contributed by atoms with van der Waals surface area (Å²) in [5, 5.41) is 3.96. The van der Waals surface area contributed by atoms with Crippen LogP contribution in [0, 0.1) is 27.7 Å². The molecule has 142 valence electrons. The van der Waals surface area contributed by atoms with Gasteiger partial charge in [0.2, 0.25) is 21.7 Å². The van der Waals surface area contributed by atoms with Crippen LogP contribution in [0.15, 0.2) is 45.8 Å². The minimum Gasteiger partial charge on any atom is -0.338 e. The predicted molar refractivity (Wildman–Crippen MR) is 104 cm³/mol. The Morgan fingerprint density at radius 1 is 0.963 bits per heavy atom. The van der Waals surface area contributed by atoms with E-state index in [1.54, 1.807) is 0 Å². The fraction of sp³-hybridized carbons (Fsp3) is 0.300. The first kappa shape index (κ1) is 19.3. The first-order chi connectivity index (χ1) is 12.7. The smallest absolute Gasteiger partial charge is 0.243 e. The molecule has 0 aliphatic carbocycles. The van der Waals surface area contributed by atoms with E-state index in [0.29, 0.717) is 10.7 Å². The molecule has 0 N–H and O–H groups in total. The summed E-state index contributed by atoms with van der Waals surface area (Å²) in [7, 11) is -2.15. The molecule has 0 unspecified atom stereocenters. The summed E-state index contributed by atoms with van der Waals surface area (Å²) in [5.74, 6) is 0.692. The van der Waals surface area contributed by atoms with E-state index in [2.05, 4.69) is 10.1 Å². The van der Waals surface area contributed by atoms with Crippen LogP contribution >= 0.6 is 0 Å². The monoisotopic (exact) mass is 385 g/mol. The predicted octanol–water partition coefficient (Wildman–Crippen LogP) is 3.79. The van der Waals surface area contributed by atoms with Gasteiger partial charge in [-0.05, 0) is 38.8 Å². The second-order valence-corrected chi connectivity index (χ2v) is 8.85. The number of rotatable bonds is 5. The second-order valence-electron chi connectivity index (χ2n) is 6.87. The molecule has 0 aliphatic heterocycles. The largest absolute Gasteiger partial charge is 0.338 e. The maximum atomic E-state index is 13.0. The third kappa shape index (κ3) is 3.94. The molecule has 1 heterocycles. The van der Waals surface area contributed by atoms with E-state index in [0.717, 1.165) is 27.8 Å². The van der Waals surface area contributed by atoms with Gasteiger partial charge in [0.05, 0.1) is 11.4 Å². The normalized spacial score (nSPS) is 11.9. The zero-order valence-electron chi connectivity index (χ0n) is 16.1. The molecule has 27 heavy (non-hydrogen) atoms. The Hall–Kier alpha value is -2.51. The molecule has 3 aromatic rings. The molecule has 1 aromatic heterocycles. The van der Waals surface area contributed by atoms with Crippen LogP contribution < -0.4 is 0 Å². The third-order valence-electron chi connectivity index (χ3n) is 4.41. The third-order valence-corrected chi connectivity index (χ3v) is 6.52. The number of hydrogen-bond donors (Lipinski definition) is 0. The summed E-state index contributed by atoms with van der Waals surface area (Å²) < 4.78 is 32.6. The van der Waals surface area contributed by atoms with E-state index >= 15 is 0 Å². The highest BCUT2D eigenvalue weighted by molar-refractivity contribution is 7.89. The number of sulfonamides is 1. The van der Waals surface area contributed by atoms with E-state index < -0.39 is 10.0 Å². The van der Waals surface area contributed by atoms with Crippen LogP contribution in [-0.4, -0.2) is 29.9 Å². The van der Waals surface area contributed by atoms with E-state index in [-0.39, 0.29) is 12.4 Å². The molecule has 0 atom stereocenters. The molecule has 0 radical (unpaired) electrons. The second kappa shape index (κ2) is 7.25. The number of aromatic nitrogens is 2. The van der Waals surface area contributed by atoms with Crippen molar-refractivity contribution in [3.05, 3.63) is 64.5 Å². The van der Waals surface area contributed by atoms with Crippen molar-refractivity contribution in [3.8, 4) is 11.4 Å². The van der Waals surface area contributed by atoms with Gasteiger partial charge >= 0.3 is 0 Å². The van der Waals surface area contributed by atoms with Crippen LogP contribution in [0.3, 0.4) is 0 Å². The number of aryl methyl sites for hydroxylation is 4. The van der Waals surface area contributed by atoms with Gasteiger partial charge in [-0.15, -0.1) is 0 Å². The average Bonchev–Trinajstić information content (AvgIpc) is 3.02. The molecule has 0 saturated carbocycles. The summed E-state index contributed by atoms with van der Waals surface area (Å²) in [6, 6.07) is 11.5. The van der Waals surface area contributed by atoms with Crippen molar-refractivity contribution >= 4 is 10.0 Å². The molecule has 0 spiro atoms. The van der Waals surface area contributed by atoms with Crippen molar-refractivity contribution in [1.29, 1.82) is 0 Å². The van der Waals surface area contributed by atoms with Crippen molar-refractivity contribution in [3.63, 3.8) is 0 Å². The van der Waals surface area contributed by atoms with Crippen molar-refractivity contribution in [1.82, 2.24) is 14.4 Å².